The Bertz CT molecular complexity index is 1080. The lowest BCUT2D eigenvalue weighted by atomic mass is 9.63. The molecule has 2 saturated heterocycles. The van der Waals surface area contributed by atoms with Gasteiger partial charge in [-0.1, -0.05) is 153 Å². The van der Waals surface area contributed by atoms with Crippen molar-refractivity contribution >= 4 is 11.9 Å². The van der Waals surface area contributed by atoms with Crippen molar-refractivity contribution in [1.82, 2.24) is 0 Å². The van der Waals surface area contributed by atoms with E-state index in [4.69, 9.17) is 9.68 Å². The highest BCUT2D eigenvalue weighted by Crippen LogP contribution is 2.67. The summed E-state index contributed by atoms with van der Waals surface area (Å²) in [6.45, 7) is 24.4. The first-order valence-corrected chi connectivity index (χ1v) is 26.4. The molecule has 2 heterocycles. The first-order chi connectivity index (χ1) is 28.9. The minimum Gasteiger partial charge on any atom is -0.481 e. The fraction of sp³-hybridized carbons (Fsp3) is 0.962. The van der Waals surface area contributed by atoms with Gasteiger partial charge in [-0.2, -0.15) is 9.68 Å². The number of unbranched alkanes of at least 4 members (excludes halogenated alkanes) is 14. The third-order valence-electron chi connectivity index (χ3n) is 17.4. The number of carboxylic acid groups (broad SMARTS) is 2. The molecule has 0 amide bonds. The summed E-state index contributed by atoms with van der Waals surface area (Å²) in [5.74, 6) is -1.45. The SMILES string of the molecule is CCCCCCCCO[N+]1(C(CCCCCCCC(=O)O)(C(=O)O)[N+]2(OCCCCCCCC)C(CC)(CC)CCCC2(CC)CC)C(CC)(CC)CCCC1(CC)CC. The average Bonchev–Trinajstić information content (AvgIpc) is 3.26. The number of quaternary nitrogens is 2. The molecule has 2 rings (SSSR count). The zero-order chi connectivity index (χ0) is 44.8. The van der Waals surface area contributed by atoms with Crippen molar-refractivity contribution in [2.24, 2.45) is 0 Å². The molecule has 8 nitrogen and oxygen atoms in total. The van der Waals surface area contributed by atoms with Crippen LogP contribution >= 0.6 is 0 Å². The number of piperidine rings is 2. The van der Waals surface area contributed by atoms with E-state index in [1.54, 1.807) is 0 Å². The first-order valence-electron chi connectivity index (χ1n) is 26.4. The van der Waals surface area contributed by atoms with Crippen LogP contribution in [-0.2, 0) is 19.3 Å². The third-order valence-corrected chi connectivity index (χ3v) is 17.4. The van der Waals surface area contributed by atoms with Crippen LogP contribution in [0.5, 0.6) is 0 Å². The van der Waals surface area contributed by atoms with Crippen LogP contribution in [0.3, 0.4) is 0 Å². The van der Waals surface area contributed by atoms with Gasteiger partial charge in [0.2, 0.25) is 0 Å². The Kier molecular flexibility index (Phi) is 24.3. The lowest BCUT2D eigenvalue weighted by molar-refractivity contribution is -1.36. The van der Waals surface area contributed by atoms with Crippen molar-refractivity contribution in [3.63, 3.8) is 0 Å². The van der Waals surface area contributed by atoms with Gasteiger partial charge in [0, 0.05) is 83.5 Å². The van der Waals surface area contributed by atoms with E-state index in [9.17, 15) is 15.0 Å². The molecule has 8 heteroatoms. The van der Waals surface area contributed by atoms with Crippen molar-refractivity contribution in [2.75, 3.05) is 13.2 Å². The van der Waals surface area contributed by atoms with Gasteiger partial charge in [0.25, 0.3) is 0 Å². The minimum atomic E-state index is -1.44. The lowest BCUT2D eigenvalue weighted by Crippen LogP contribution is -2.98. The highest BCUT2D eigenvalue weighted by atomic mass is 16.8. The van der Waals surface area contributed by atoms with Crippen LogP contribution in [-0.4, -0.2) is 72.5 Å². The minimum absolute atomic E-state index is 0.177. The molecular weight excluding hydrogens is 749 g/mol. The monoisotopic (exact) mass is 851 g/mol. The Morgan fingerprint density at radius 3 is 1.05 bits per heavy atom. The summed E-state index contributed by atoms with van der Waals surface area (Å²) in [6.07, 6.45) is 31.5. The Morgan fingerprint density at radius 2 is 0.750 bits per heavy atom. The molecule has 0 aromatic rings. The highest BCUT2D eigenvalue weighted by molar-refractivity contribution is 5.75. The van der Waals surface area contributed by atoms with Crippen LogP contribution in [0.1, 0.15) is 281 Å². The molecule has 0 aromatic carbocycles. The Hall–Kier alpha value is -1.22. The fourth-order valence-corrected chi connectivity index (χ4v) is 13.9. The van der Waals surface area contributed by atoms with Gasteiger partial charge in [-0.25, -0.2) is 4.79 Å². The van der Waals surface area contributed by atoms with E-state index in [2.05, 4.69) is 69.2 Å². The van der Waals surface area contributed by atoms with Crippen molar-refractivity contribution in [3.05, 3.63) is 0 Å². The van der Waals surface area contributed by atoms with Gasteiger partial charge >= 0.3 is 17.6 Å². The van der Waals surface area contributed by atoms with Gasteiger partial charge in [0.15, 0.2) is 0 Å². The van der Waals surface area contributed by atoms with Crippen molar-refractivity contribution in [3.8, 4) is 0 Å². The van der Waals surface area contributed by atoms with E-state index in [-0.39, 0.29) is 15.7 Å². The van der Waals surface area contributed by atoms with Gasteiger partial charge in [-0.3, -0.25) is 4.79 Å². The van der Waals surface area contributed by atoms with E-state index in [0.717, 1.165) is 141 Å². The van der Waals surface area contributed by atoms with Gasteiger partial charge < -0.3 is 10.2 Å². The van der Waals surface area contributed by atoms with Crippen LogP contribution in [0.15, 0.2) is 0 Å². The summed E-state index contributed by atoms with van der Waals surface area (Å²) in [7, 11) is 0. The molecular formula is C52H102N2O6+2. The summed E-state index contributed by atoms with van der Waals surface area (Å²) in [4.78, 5) is 43.8. The standard InChI is InChI=1S/C52H100N2O6/c1-11-21-23-25-30-34-44-59-53(48(13-3,14-4)39-36-40-49(53,15-5)16-6)52(47(57)58,43-33-29-27-28-32-38-46(55)56)54(60-45-35-31-26-24-22-12-2)50(17-7,18-8)41-37-42-51(54,19-9)20-10/h11-45H2,1-10H3/p+2. The number of aliphatic carboxylic acids is 2. The molecule has 2 aliphatic rings. The van der Waals surface area contributed by atoms with Crippen LogP contribution in [0.4, 0.5) is 0 Å². The van der Waals surface area contributed by atoms with Gasteiger partial charge in [0.05, 0.1) is 6.42 Å². The smallest absolute Gasteiger partial charge is 0.433 e. The Morgan fingerprint density at radius 1 is 0.450 bits per heavy atom. The zero-order valence-corrected chi connectivity index (χ0v) is 41.7. The van der Waals surface area contributed by atoms with E-state index in [1.807, 2.05) is 0 Å². The Balaban J connectivity index is 3.28. The molecule has 354 valence electrons. The zero-order valence-electron chi connectivity index (χ0n) is 41.7. The third kappa shape index (κ3) is 10.5. The van der Waals surface area contributed by atoms with E-state index < -0.39 is 39.8 Å². The molecule has 60 heavy (non-hydrogen) atoms. The van der Waals surface area contributed by atoms with Crippen LogP contribution in [0, 0.1) is 0 Å². The fourth-order valence-electron chi connectivity index (χ4n) is 13.9. The maximum Gasteiger partial charge on any atom is 0.433 e. The highest BCUT2D eigenvalue weighted by Gasteiger charge is 2.90. The number of likely N-dealkylation sites (tertiary alicyclic amines) is 2. The molecule has 0 saturated carbocycles. The maximum atomic E-state index is 16.1. The van der Waals surface area contributed by atoms with Gasteiger partial charge in [0.1, 0.15) is 35.4 Å². The average molecular weight is 851 g/mol. The second kappa shape index (κ2) is 26.5. The van der Waals surface area contributed by atoms with Crippen LogP contribution in [0.2, 0.25) is 0 Å². The molecule has 0 aromatic heterocycles. The number of hydrogen-bond acceptors (Lipinski definition) is 4. The molecule has 0 radical (unpaired) electrons. The molecule has 2 fully saturated rings. The van der Waals surface area contributed by atoms with E-state index in [0.29, 0.717) is 26.1 Å². The molecule has 2 N–H and O–H groups in total. The molecule has 0 unspecified atom stereocenters. The molecule has 2 aliphatic heterocycles. The van der Waals surface area contributed by atoms with E-state index in [1.165, 1.54) is 51.4 Å². The van der Waals surface area contributed by atoms with Gasteiger partial charge in [-0.15, -0.1) is 9.29 Å². The largest absolute Gasteiger partial charge is 0.481 e. The number of hydroxylamine groups is 6. The topological polar surface area (TPSA) is 93.1 Å². The number of hydrogen-bond donors (Lipinski definition) is 2. The first kappa shape index (κ1) is 54.9. The number of nitrogens with zero attached hydrogens (tertiary/aromatic N) is 2. The Labute approximate surface area is 371 Å². The summed E-state index contributed by atoms with van der Waals surface area (Å²) in [5, 5.41) is 22.6. The maximum absolute atomic E-state index is 16.1. The molecule has 0 atom stereocenters. The van der Waals surface area contributed by atoms with Crippen LogP contribution in [0.25, 0.3) is 0 Å². The number of carboxylic acids is 2. The molecule has 0 aliphatic carbocycles. The normalized spacial score (nSPS) is 20.2. The van der Waals surface area contributed by atoms with Crippen molar-refractivity contribution in [2.45, 2.75) is 309 Å². The van der Waals surface area contributed by atoms with Crippen molar-refractivity contribution < 1.29 is 38.8 Å². The van der Waals surface area contributed by atoms with Crippen LogP contribution < -0.4 is 0 Å². The predicted molar refractivity (Wildman–Crippen MR) is 250 cm³/mol. The summed E-state index contributed by atoms with van der Waals surface area (Å²) < 4.78 is 0.354. The van der Waals surface area contributed by atoms with E-state index >= 15 is 4.79 Å². The lowest BCUT2D eigenvalue weighted by Gasteiger charge is -2.74. The summed E-state index contributed by atoms with van der Waals surface area (Å²) in [6, 6.07) is 0. The summed E-state index contributed by atoms with van der Waals surface area (Å²) in [5.41, 5.74) is -3.11. The quantitative estimate of drug-likeness (QED) is 0.0487. The molecule has 0 bridgehead atoms. The number of carbonyl (C=O) groups is 2. The molecule has 0 spiro atoms. The van der Waals surface area contributed by atoms with Gasteiger partial charge in [-0.05, 0) is 38.5 Å². The predicted octanol–water partition coefficient (Wildman–Crippen LogP) is 15.4. The summed E-state index contributed by atoms with van der Waals surface area (Å²) >= 11 is 0. The second-order valence-electron chi connectivity index (χ2n) is 19.6. The second-order valence-corrected chi connectivity index (χ2v) is 19.6. The van der Waals surface area contributed by atoms with Crippen molar-refractivity contribution in [1.29, 1.82) is 0 Å². The number of rotatable bonds is 35.